The summed E-state index contributed by atoms with van der Waals surface area (Å²) < 4.78 is 26.1. The van der Waals surface area contributed by atoms with Crippen molar-refractivity contribution in [2.45, 2.75) is 18.6 Å². The van der Waals surface area contributed by atoms with Gasteiger partial charge in [0.1, 0.15) is 11.6 Å². The highest BCUT2D eigenvalue weighted by Gasteiger charge is 2.18. The minimum Gasteiger partial charge on any atom is -0.370 e. The smallest absolute Gasteiger partial charge is 0.237 e. The molecule has 2 aromatic rings. The summed E-state index contributed by atoms with van der Waals surface area (Å²) in [6, 6.07) is 11.6. The molecule has 2 aromatic carbocycles. The second kappa shape index (κ2) is 9.33. The van der Waals surface area contributed by atoms with Crippen molar-refractivity contribution in [3.05, 3.63) is 65.7 Å². The maximum absolute atomic E-state index is 13.1. The van der Waals surface area contributed by atoms with Crippen molar-refractivity contribution in [1.29, 1.82) is 0 Å². The maximum atomic E-state index is 13.1. The number of carbonyl (C=O) groups is 2. The third-order valence-corrected chi connectivity index (χ3v) is 5.00. The Balaban J connectivity index is 2.04. The second-order valence-electron chi connectivity index (χ2n) is 5.74. The van der Waals surface area contributed by atoms with Crippen LogP contribution >= 0.6 is 11.8 Å². The van der Waals surface area contributed by atoms with E-state index in [0.29, 0.717) is 5.69 Å². The summed E-state index contributed by atoms with van der Waals surface area (Å²) >= 11 is 1.40. The van der Waals surface area contributed by atoms with E-state index in [1.807, 2.05) is 6.92 Å². The molecule has 0 saturated heterocycles. The van der Waals surface area contributed by atoms with Crippen LogP contribution in [0.25, 0.3) is 0 Å². The second-order valence-corrected chi connectivity index (χ2v) is 7.07. The van der Waals surface area contributed by atoms with E-state index in [4.69, 9.17) is 5.73 Å². The molecule has 26 heavy (non-hydrogen) atoms. The van der Waals surface area contributed by atoms with Crippen LogP contribution in [0.5, 0.6) is 0 Å². The van der Waals surface area contributed by atoms with Crippen LogP contribution in [0.1, 0.15) is 24.2 Å². The Bertz CT molecular complexity index is 751. The number of rotatable bonds is 8. The molecule has 7 heteroatoms. The van der Waals surface area contributed by atoms with Gasteiger partial charge in [-0.15, -0.1) is 11.8 Å². The summed E-state index contributed by atoms with van der Waals surface area (Å²) in [5.74, 6) is -1.28. The third-order valence-electron chi connectivity index (χ3n) is 3.82. The first-order valence-electron chi connectivity index (χ1n) is 8.08. The molecule has 2 N–H and O–H groups in total. The van der Waals surface area contributed by atoms with Gasteiger partial charge in [0.05, 0.1) is 5.75 Å². The van der Waals surface area contributed by atoms with Crippen LogP contribution in [0.15, 0.2) is 48.5 Å². The number of carbonyl (C=O) groups excluding carboxylic acids is 2. The summed E-state index contributed by atoms with van der Waals surface area (Å²) in [5, 5.41) is -0.00856. The van der Waals surface area contributed by atoms with Gasteiger partial charge in [-0.05, 0) is 48.9 Å². The van der Waals surface area contributed by atoms with Crippen LogP contribution in [0.4, 0.5) is 14.5 Å². The SMILES string of the molecule is CC(SCC(=O)N(CCC(N)=O)c1ccc(F)cc1)c1ccc(F)cc1. The van der Waals surface area contributed by atoms with Crippen LogP contribution in [-0.4, -0.2) is 24.1 Å². The fourth-order valence-corrected chi connectivity index (χ4v) is 3.24. The van der Waals surface area contributed by atoms with Crippen molar-refractivity contribution >= 4 is 29.3 Å². The van der Waals surface area contributed by atoms with Gasteiger partial charge >= 0.3 is 0 Å². The molecule has 1 unspecified atom stereocenters. The molecule has 0 saturated carbocycles. The highest BCUT2D eigenvalue weighted by Crippen LogP contribution is 2.29. The predicted octanol–water partition coefficient (Wildman–Crippen LogP) is 3.67. The van der Waals surface area contributed by atoms with Crippen molar-refractivity contribution in [3.63, 3.8) is 0 Å². The fraction of sp³-hybridized carbons (Fsp3) is 0.263. The normalized spacial score (nSPS) is 11.8. The van der Waals surface area contributed by atoms with Crippen molar-refractivity contribution in [2.75, 3.05) is 17.2 Å². The van der Waals surface area contributed by atoms with Crippen molar-refractivity contribution in [1.82, 2.24) is 0 Å². The van der Waals surface area contributed by atoms with Gasteiger partial charge in [0, 0.05) is 23.9 Å². The standard InChI is InChI=1S/C19H20F2N2O2S/c1-13(14-2-4-15(20)5-3-14)26-12-19(25)23(11-10-18(22)24)17-8-6-16(21)7-9-17/h2-9,13H,10-12H2,1H3,(H2,22,24). The first-order valence-corrected chi connectivity index (χ1v) is 9.13. The number of hydrogen-bond donors (Lipinski definition) is 1. The highest BCUT2D eigenvalue weighted by molar-refractivity contribution is 8.00. The zero-order valence-corrected chi connectivity index (χ0v) is 15.1. The Morgan fingerprint density at radius 3 is 2.12 bits per heavy atom. The number of amides is 2. The molecule has 1 atom stereocenters. The fourth-order valence-electron chi connectivity index (χ4n) is 2.35. The average molecular weight is 378 g/mol. The van der Waals surface area contributed by atoms with E-state index >= 15 is 0 Å². The average Bonchev–Trinajstić information content (AvgIpc) is 2.61. The van der Waals surface area contributed by atoms with Gasteiger partial charge in [0.15, 0.2) is 0 Å². The van der Waals surface area contributed by atoms with Crippen LogP contribution in [-0.2, 0) is 9.59 Å². The van der Waals surface area contributed by atoms with Gasteiger partial charge in [0.25, 0.3) is 0 Å². The Kier molecular flexibility index (Phi) is 7.15. The topological polar surface area (TPSA) is 63.4 Å². The number of halogens is 2. The lowest BCUT2D eigenvalue weighted by atomic mass is 10.2. The van der Waals surface area contributed by atoms with Crippen LogP contribution < -0.4 is 10.6 Å². The Labute approximate surface area is 155 Å². The zero-order chi connectivity index (χ0) is 19.1. The number of benzene rings is 2. The molecule has 0 heterocycles. The van der Waals surface area contributed by atoms with Crippen molar-refractivity contribution in [3.8, 4) is 0 Å². The number of hydrogen-bond acceptors (Lipinski definition) is 3. The lowest BCUT2D eigenvalue weighted by Crippen LogP contribution is -2.35. The first kappa shape index (κ1) is 19.9. The Hall–Kier alpha value is -2.41. The van der Waals surface area contributed by atoms with Gasteiger partial charge in [-0.2, -0.15) is 0 Å². The number of nitrogens with two attached hydrogens (primary N) is 1. The zero-order valence-electron chi connectivity index (χ0n) is 14.3. The van der Waals surface area contributed by atoms with Crippen LogP contribution in [0.3, 0.4) is 0 Å². The van der Waals surface area contributed by atoms with Gasteiger partial charge in [-0.3, -0.25) is 9.59 Å². The summed E-state index contributed by atoms with van der Waals surface area (Å²) in [5.41, 5.74) is 6.60. The molecular formula is C19H20F2N2O2S. The summed E-state index contributed by atoms with van der Waals surface area (Å²) in [7, 11) is 0. The van der Waals surface area contributed by atoms with Gasteiger partial charge in [0.2, 0.25) is 11.8 Å². The van der Waals surface area contributed by atoms with Crippen molar-refractivity contribution in [2.24, 2.45) is 5.73 Å². The highest BCUT2D eigenvalue weighted by atomic mass is 32.2. The van der Waals surface area contributed by atoms with E-state index in [9.17, 15) is 18.4 Å². The molecule has 2 amide bonds. The van der Waals surface area contributed by atoms with E-state index in [1.165, 1.54) is 53.1 Å². The molecule has 0 radical (unpaired) electrons. The molecule has 0 fully saturated rings. The van der Waals surface area contributed by atoms with Gasteiger partial charge in [-0.1, -0.05) is 12.1 Å². The lowest BCUT2D eigenvalue weighted by molar-refractivity contribution is -0.118. The van der Waals surface area contributed by atoms with Gasteiger partial charge in [-0.25, -0.2) is 8.78 Å². The number of nitrogens with zero attached hydrogens (tertiary/aromatic N) is 1. The summed E-state index contributed by atoms with van der Waals surface area (Å²) in [6.45, 7) is 2.06. The van der Waals surface area contributed by atoms with E-state index in [1.54, 1.807) is 12.1 Å². The minimum atomic E-state index is -0.516. The van der Waals surface area contributed by atoms with Crippen LogP contribution in [0, 0.1) is 11.6 Å². The van der Waals surface area contributed by atoms with Crippen molar-refractivity contribution < 1.29 is 18.4 Å². The molecule has 0 spiro atoms. The summed E-state index contributed by atoms with van der Waals surface area (Å²) in [6.07, 6.45) is 0.0152. The third kappa shape index (κ3) is 5.84. The van der Waals surface area contributed by atoms with Crippen LogP contribution in [0.2, 0.25) is 0 Å². The largest absolute Gasteiger partial charge is 0.370 e. The molecule has 138 valence electrons. The predicted molar refractivity (Wildman–Crippen MR) is 99.8 cm³/mol. The molecule has 4 nitrogen and oxygen atoms in total. The Morgan fingerprint density at radius 1 is 1.04 bits per heavy atom. The monoisotopic (exact) mass is 378 g/mol. The summed E-state index contributed by atoms with van der Waals surface area (Å²) in [4.78, 5) is 25.1. The van der Waals surface area contributed by atoms with Gasteiger partial charge < -0.3 is 10.6 Å². The molecule has 0 aliphatic heterocycles. The maximum Gasteiger partial charge on any atom is 0.237 e. The van der Waals surface area contributed by atoms with E-state index in [2.05, 4.69) is 0 Å². The minimum absolute atomic E-state index is 0.00856. The first-order chi connectivity index (χ1) is 12.4. The molecule has 0 aliphatic carbocycles. The number of anilines is 1. The quantitative estimate of drug-likeness (QED) is 0.762. The number of thioether (sulfide) groups is 1. The lowest BCUT2D eigenvalue weighted by Gasteiger charge is -2.23. The molecule has 0 bridgehead atoms. The molecular weight excluding hydrogens is 358 g/mol. The molecule has 0 aliphatic rings. The van der Waals surface area contributed by atoms with E-state index in [-0.39, 0.29) is 35.7 Å². The number of primary amides is 1. The van der Waals surface area contributed by atoms with E-state index in [0.717, 1.165) is 5.56 Å². The van der Waals surface area contributed by atoms with E-state index < -0.39 is 11.7 Å². The Morgan fingerprint density at radius 2 is 1.58 bits per heavy atom. The molecule has 2 rings (SSSR count). The molecule has 0 aromatic heterocycles.